The molecule has 17 heavy (non-hydrogen) atoms. The first kappa shape index (κ1) is 13.7. The second kappa shape index (κ2) is 6.39. The highest BCUT2D eigenvalue weighted by Crippen LogP contribution is 2.09. The van der Waals surface area contributed by atoms with Crippen molar-refractivity contribution < 1.29 is 4.74 Å². The molecule has 92 valence electrons. The minimum Gasteiger partial charge on any atom is -0.375 e. The first-order valence-corrected chi connectivity index (χ1v) is 5.72. The van der Waals surface area contributed by atoms with Gasteiger partial charge in [-0.3, -0.25) is 9.88 Å². The zero-order valence-electron chi connectivity index (χ0n) is 10.8. The van der Waals surface area contributed by atoms with E-state index in [2.05, 4.69) is 15.8 Å². The zero-order valence-corrected chi connectivity index (χ0v) is 10.8. The summed E-state index contributed by atoms with van der Waals surface area (Å²) in [6.45, 7) is 6.16. The van der Waals surface area contributed by atoms with E-state index in [4.69, 9.17) is 11.2 Å². The maximum absolute atomic E-state index is 5.59. The number of rotatable bonds is 6. The van der Waals surface area contributed by atoms with Gasteiger partial charge in [-0.2, -0.15) is 0 Å². The number of pyridine rings is 1. The van der Waals surface area contributed by atoms with Crippen molar-refractivity contribution in [2.24, 2.45) is 0 Å². The van der Waals surface area contributed by atoms with Crippen molar-refractivity contribution >= 4 is 0 Å². The summed E-state index contributed by atoms with van der Waals surface area (Å²) in [6.07, 6.45) is 9.00. The van der Waals surface area contributed by atoms with Crippen molar-refractivity contribution in [1.82, 2.24) is 9.88 Å². The molecule has 1 aromatic rings. The van der Waals surface area contributed by atoms with Crippen LogP contribution in [0.4, 0.5) is 0 Å². The molecule has 0 aliphatic carbocycles. The maximum Gasteiger partial charge on any atom is 0.0764 e. The van der Waals surface area contributed by atoms with Gasteiger partial charge < -0.3 is 4.74 Å². The fourth-order valence-corrected chi connectivity index (χ4v) is 1.26. The van der Waals surface area contributed by atoms with Gasteiger partial charge in [-0.05, 0) is 38.6 Å². The smallest absolute Gasteiger partial charge is 0.0764 e. The Morgan fingerprint density at radius 1 is 1.41 bits per heavy atom. The van der Waals surface area contributed by atoms with Crippen molar-refractivity contribution in [3.05, 3.63) is 30.1 Å². The van der Waals surface area contributed by atoms with Crippen LogP contribution in [0.15, 0.2) is 24.5 Å². The van der Waals surface area contributed by atoms with E-state index in [0.29, 0.717) is 13.2 Å². The minimum absolute atomic E-state index is 0.222. The predicted molar refractivity (Wildman–Crippen MR) is 69.4 cm³/mol. The molecule has 0 aliphatic rings. The van der Waals surface area contributed by atoms with Crippen molar-refractivity contribution in [3.63, 3.8) is 0 Å². The number of hydrogen-bond donors (Lipinski definition) is 0. The lowest BCUT2D eigenvalue weighted by atomic mass is 10.1. The van der Waals surface area contributed by atoms with Crippen molar-refractivity contribution in [1.29, 1.82) is 0 Å². The van der Waals surface area contributed by atoms with Crippen LogP contribution in [-0.2, 0) is 11.3 Å². The summed E-state index contributed by atoms with van der Waals surface area (Å²) in [5, 5.41) is 0. The van der Waals surface area contributed by atoms with Gasteiger partial charge in [-0.15, -0.1) is 6.42 Å². The summed E-state index contributed by atoms with van der Waals surface area (Å²) < 4.78 is 5.59. The van der Waals surface area contributed by atoms with E-state index in [1.54, 1.807) is 12.4 Å². The standard InChI is InChI=1S/C14H20N2O/c1-5-14(2,3)16(4)10-11-17-12-13-6-8-15-9-7-13/h1,6-9H,10-12H2,2-4H3. The second-order valence-electron chi connectivity index (χ2n) is 4.53. The van der Waals surface area contributed by atoms with E-state index in [0.717, 1.165) is 12.1 Å². The maximum atomic E-state index is 5.59. The molecule has 0 radical (unpaired) electrons. The monoisotopic (exact) mass is 232 g/mol. The van der Waals surface area contributed by atoms with E-state index < -0.39 is 0 Å². The Morgan fingerprint density at radius 3 is 2.65 bits per heavy atom. The molecule has 3 heteroatoms. The Labute approximate surface area is 104 Å². The number of hydrogen-bond acceptors (Lipinski definition) is 3. The molecule has 1 heterocycles. The number of terminal acetylenes is 1. The number of likely N-dealkylation sites (N-methyl/N-ethyl adjacent to an activating group) is 1. The van der Waals surface area contributed by atoms with Crippen LogP contribution in [0.3, 0.4) is 0 Å². The largest absolute Gasteiger partial charge is 0.375 e. The summed E-state index contributed by atoms with van der Waals surface area (Å²) in [5.74, 6) is 2.76. The van der Waals surface area contributed by atoms with Crippen LogP contribution >= 0.6 is 0 Å². The topological polar surface area (TPSA) is 25.4 Å². The normalized spacial score (nSPS) is 11.5. The fourth-order valence-electron chi connectivity index (χ4n) is 1.26. The van der Waals surface area contributed by atoms with Crippen LogP contribution in [0.5, 0.6) is 0 Å². The van der Waals surface area contributed by atoms with E-state index in [-0.39, 0.29) is 5.54 Å². The van der Waals surface area contributed by atoms with Crippen LogP contribution in [0.2, 0.25) is 0 Å². The van der Waals surface area contributed by atoms with Crippen molar-refractivity contribution in [2.75, 3.05) is 20.2 Å². The second-order valence-corrected chi connectivity index (χ2v) is 4.53. The molecular weight excluding hydrogens is 212 g/mol. The van der Waals surface area contributed by atoms with E-state index in [1.807, 2.05) is 33.0 Å². The Kier molecular flexibility index (Phi) is 5.14. The highest BCUT2D eigenvalue weighted by atomic mass is 16.5. The first-order chi connectivity index (χ1) is 8.06. The molecule has 0 unspecified atom stereocenters. The van der Waals surface area contributed by atoms with Gasteiger partial charge in [0.2, 0.25) is 0 Å². The van der Waals surface area contributed by atoms with Gasteiger partial charge in [0.1, 0.15) is 0 Å². The molecule has 0 N–H and O–H groups in total. The molecule has 0 atom stereocenters. The third-order valence-electron chi connectivity index (χ3n) is 2.90. The van der Waals surface area contributed by atoms with Gasteiger partial charge in [-0.25, -0.2) is 0 Å². The highest BCUT2D eigenvalue weighted by Gasteiger charge is 2.19. The van der Waals surface area contributed by atoms with Gasteiger partial charge in [0.25, 0.3) is 0 Å². The van der Waals surface area contributed by atoms with Crippen molar-refractivity contribution in [3.8, 4) is 12.3 Å². The zero-order chi connectivity index (χ0) is 12.7. The highest BCUT2D eigenvalue weighted by molar-refractivity contribution is 5.08. The van der Waals surface area contributed by atoms with Crippen molar-refractivity contribution in [2.45, 2.75) is 26.0 Å². The lowest BCUT2D eigenvalue weighted by Crippen LogP contribution is -2.41. The SMILES string of the molecule is C#CC(C)(C)N(C)CCOCc1ccncc1. The molecule has 3 nitrogen and oxygen atoms in total. The Morgan fingerprint density at radius 2 is 2.06 bits per heavy atom. The molecule has 1 rings (SSSR count). The predicted octanol–water partition coefficient (Wildman–Crippen LogP) is 1.94. The lowest BCUT2D eigenvalue weighted by Gasteiger charge is -2.30. The van der Waals surface area contributed by atoms with Crippen LogP contribution in [0.1, 0.15) is 19.4 Å². The summed E-state index contributed by atoms with van der Waals surface area (Å²) in [5.41, 5.74) is 0.916. The van der Waals surface area contributed by atoms with Gasteiger partial charge >= 0.3 is 0 Å². The molecule has 0 saturated heterocycles. The average Bonchev–Trinajstić information content (AvgIpc) is 2.35. The molecule has 0 spiro atoms. The van der Waals surface area contributed by atoms with E-state index >= 15 is 0 Å². The number of ether oxygens (including phenoxy) is 1. The van der Waals surface area contributed by atoms with Gasteiger partial charge in [0.15, 0.2) is 0 Å². The van der Waals surface area contributed by atoms with Crippen LogP contribution in [0.25, 0.3) is 0 Å². The lowest BCUT2D eigenvalue weighted by molar-refractivity contribution is 0.0815. The van der Waals surface area contributed by atoms with E-state index in [9.17, 15) is 0 Å². The van der Waals surface area contributed by atoms with Crippen LogP contribution in [0, 0.1) is 12.3 Å². The quantitative estimate of drug-likeness (QED) is 0.553. The summed E-state index contributed by atoms with van der Waals surface area (Å²) in [4.78, 5) is 6.07. The van der Waals surface area contributed by atoms with Gasteiger partial charge in [0.05, 0.1) is 18.8 Å². The molecule has 0 saturated carbocycles. The average molecular weight is 232 g/mol. The molecule has 0 bridgehead atoms. The van der Waals surface area contributed by atoms with Gasteiger partial charge in [-0.1, -0.05) is 5.92 Å². The fraction of sp³-hybridized carbons (Fsp3) is 0.500. The third-order valence-corrected chi connectivity index (χ3v) is 2.90. The third kappa shape index (κ3) is 4.56. The molecule has 0 aromatic carbocycles. The Hall–Kier alpha value is -1.37. The number of nitrogens with zero attached hydrogens (tertiary/aromatic N) is 2. The van der Waals surface area contributed by atoms with E-state index in [1.165, 1.54) is 0 Å². The molecule has 1 aromatic heterocycles. The molecule has 0 aliphatic heterocycles. The first-order valence-electron chi connectivity index (χ1n) is 5.72. The Balaban J connectivity index is 2.24. The molecule has 0 amide bonds. The molecular formula is C14H20N2O. The summed E-state index contributed by atoms with van der Waals surface area (Å²) in [6, 6.07) is 3.91. The Bertz CT molecular complexity index is 368. The van der Waals surface area contributed by atoms with Crippen LogP contribution < -0.4 is 0 Å². The summed E-state index contributed by atoms with van der Waals surface area (Å²) in [7, 11) is 2.01. The minimum atomic E-state index is -0.222. The van der Waals surface area contributed by atoms with Gasteiger partial charge in [0, 0.05) is 18.9 Å². The number of aromatic nitrogens is 1. The van der Waals surface area contributed by atoms with Crippen LogP contribution in [-0.4, -0.2) is 35.6 Å². The summed E-state index contributed by atoms with van der Waals surface area (Å²) >= 11 is 0. The molecule has 0 fully saturated rings.